The summed E-state index contributed by atoms with van der Waals surface area (Å²) in [5.41, 5.74) is 5.69. The van der Waals surface area contributed by atoms with E-state index in [2.05, 4.69) is 40.7 Å². The zero-order valence-electron chi connectivity index (χ0n) is 12.1. The molecule has 1 heteroatoms. The Kier molecular flexibility index (Phi) is 8.79. The highest BCUT2D eigenvalue weighted by molar-refractivity contribution is 5.13. The molecule has 0 atom stereocenters. The Labute approximate surface area is 107 Å². The summed E-state index contributed by atoms with van der Waals surface area (Å²) in [7, 11) is 0. The van der Waals surface area contributed by atoms with Crippen molar-refractivity contribution < 1.29 is 5.11 Å². The van der Waals surface area contributed by atoms with Gasteiger partial charge in [0.15, 0.2) is 0 Å². The Morgan fingerprint density at radius 3 is 1.94 bits per heavy atom. The molecule has 0 aromatic rings. The van der Waals surface area contributed by atoms with Crippen molar-refractivity contribution in [2.24, 2.45) is 0 Å². The fourth-order valence-electron chi connectivity index (χ4n) is 1.65. The topological polar surface area (TPSA) is 20.2 Å². The molecule has 0 aliphatic heterocycles. The first-order chi connectivity index (χ1) is 7.97. The molecule has 98 valence electrons. The average molecular weight is 236 g/mol. The van der Waals surface area contributed by atoms with Crippen LogP contribution in [0.1, 0.15) is 60.3 Å². The van der Waals surface area contributed by atoms with Crippen molar-refractivity contribution in [1.29, 1.82) is 0 Å². The predicted octanol–water partition coefficient (Wildman–Crippen LogP) is 4.79. The number of hydrogen-bond donors (Lipinski definition) is 1. The summed E-state index contributed by atoms with van der Waals surface area (Å²) in [5, 5.41) is 8.78. The number of aliphatic hydroxyl groups is 1. The zero-order valence-corrected chi connectivity index (χ0v) is 12.1. The summed E-state index contributed by atoms with van der Waals surface area (Å²) < 4.78 is 0. The predicted molar refractivity (Wildman–Crippen MR) is 77.1 cm³/mol. The standard InChI is InChI=1S/C16H28O/c1-13(2)7-6-8-15(4)16(5)10-9-14(3)11-12-17/h7,11,17H,6,8-10,12H2,1-5H3. The summed E-state index contributed by atoms with van der Waals surface area (Å²) in [4.78, 5) is 0. The molecule has 0 saturated heterocycles. The van der Waals surface area contributed by atoms with E-state index in [1.54, 1.807) is 0 Å². The van der Waals surface area contributed by atoms with Gasteiger partial charge in [-0.3, -0.25) is 0 Å². The van der Waals surface area contributed by atoms with Crippen molar-refractivity contribution in [3.63, 3.8) is 0 Å². The molecule has 17 heavy (non-hydrogen) atoms. The number of aliphatic hydroxyl groups excluding tert-OH is 1. The highest BCUT2D eigenvalue weighted by Crippen LogP contribution is 2.18. The normalized spacial score (nSPS) is 13.4. The van der Waals surface area contributed by atoms with Gasteiger partial charge in [-0.1, -0.05) is 34.4 Å². The Bertz CT molecular complexity index is 301. The summed E-state index contributed by atoms with van der Waals surface area (Å²) >= 11 is 0. The first-order valence-electron chi connectivity index (χ1n) is 6.52. The maximum absolute atomic E-state index is 8.78. The minimum Gasteiger partial charge on any atom is -0.392 e. The Morgan fingerprint density at radius 2 is 1.41 bits per heavy atom. The maximum Gasteiger partial charge on any atom is 0.0614 e. The highest BCUT2D eigenvalue weighted by Gasteiger charge is 1.98. The zero-order chi connectivity index (χ0) is 13.3. The number of hydrogen-bond acceptors (Lipinski definition) is 1. The van der Waals surface area contributed by atoms with Crippen molar-refractivity contribution in [1.82, 2.24) is 0 Å². The van der Waals surface area contributed by atoms with Crippen LogP contribution in [0.25, 0.3) is 0 Å². The lowest BCUT2D eigenvalue weighted by molar-refractivity contribution is 0.341. The van der Waals surface area contributed by atoms with Gasteiger partial charge in [0.2, 0.25) is 0 Å². The van der Waals surface area contributed by atoms with Gasteiger partial charge in [-0.25, -0.2) is 0 Å². The highest BCUT2D eigenvalue weighted by atomic mass is 16.2. The smallest absolute Gasteiger partial charge is 0.0614 e. The Balaban J connectivity index is 4.12. The summed E-state index contributed by atoms with van der Waals surface area (Å²) in [6, 6.07) is 0. The monoisotopic (exact) mass is 236 g/mol. The van der Waals surface area contributed by atoms with Crippen LogP contribution in [0.2, 0.25) is 0 Å². The molecule has 0 unspecified atom stereocenters. The summed E-state index contributed by atoms with van der Waals surface area (Å²) in [6.07, 6.45) is 8.69. The van der Waals surface area contributed by atoms with Crippen LogP contribution in [0, 0.1) is 0 Å². The largest absolute Gasteiger partial charge is 0.392 e. The molecule has 1 N–H and O–H groups in total. The molecule has 0 radical (unpaired) electrons. The molecule has 0 rings (SSSR count). The molecule has 0 fully saturated rings. The van der Waals surface area contributed by atoms with Crippen molar-refractivity contribution in [3.8, 4) is 0 Å². The second-order valence-corrected chi connectivity index (χ2v) is 5.11. The van der Waals surface area contributed by atoms with E-state index in [-0.39, 0.29) is 6.61 Å². The fourth-order valence-corrected chi connectivity index (χ4v) is 1.65. The maximum atomic E-state index is 8.78. The van der Waals surface area contributed by atoms with E-state index in [1.807, 2.05) is 6.08 Å². The summed E-state index contributed by atoms with van der Waals surface area (Å²) in [5.74, 6) is 0. The van der Waals surface area contributed by atoms with Gasteiger partial charge in [-0.05, 0) is 60.3 Å². The molecule has 0 bridgehead atoms. The van der Waals surface area contributed by atoms with E-state index < -0.39 is 0 Å². The number of allylic oxidation sites excluding steroid dienone is 5. The molecule has 0 aromatic carbocycles. The van der Waals surface area contributed by atoms with Gasteiger partial charge in [0.05, 0.1) is 6.61 Å². The van der Waals surface area contributed by atoms with Crippen molar-refractivity contribution in [2.75, 3.05) is 6.61 Å². The van der Waals surface area contributed by atoms with Gasteiger partial charge in [0.25, 0.3) is 0 Å². The van der Waals surface area contributed by atoms with E-state index in [0.29, 0.717) is 0 Å². The van der Waals surface area contributed by atoms with Gasteiger partial charge >= 0.3 is 0 Å². The average Bonchev–Trinajstić information content (AvgIpc) is 2.25. The van der Waals surface area contributed by atoms with Crippen LogP contribution in [0.5, 0.6) is 0 Å². The third-order valence-corrected chi connectivity index (χ3v) is 3.13. The molecule has 0 heterocycles. The van der Waals surface area contributed by atoms with Crippen LogP contribution >= 0.6 is 0 Å². The Hall–Kier alpha value is -0.820. The van der Waals surface area contributed by atoms with Crippen LogP contribution in [-0.4, -0.2) is 11.7 Å². The SMILES string of the molecule is CC(C)=CCCC(C)=C(C)CCC(C)=CCO. The van der Waals surface area contributed by atoms with Gasteiger partial charge in [-0.15, -0.1) is 0 Å². The molecule has 0 spiro atoms. The molecule has 0 aliphatic carbocycles. The minimum atomic E-state index is 0.161. The van der Waals surface area contributed by atoms with Crippen LogP contribution in [0.3, 0.4) is 0 Å². The lowest BCUT2D eigenvalue weighted by atomic mass is 9.99. The van der Waals surface area contributed by atoms with E-state index in [1.165, 1.54) is 28.7 Å². The molecule has 0 aromatic heterocycles. The fraction of sp³-hybridized carbons (Fsp3) is 0.625. The van der Waals surface area contributed by atoms with E-state index in [0.717, 1.165) is 19.3 Å². The lowest BCUT2D eigenvalue weighted by Crippen LogP contribution is -1.88. The van der Waals surface area contributed by atoms with Crippen LogP contribution < -0.4 is 0 Å². The van der Waals surface area contributed by atoms with Crippen molar-refractivity contribution in [3.05, 3.63) is 34.4 Å². The minimum absolute atomic E-state index is 0.161. The van der Waals surface area contributed by atoms with Gasteiger partial charge < -0.3 is 5.11 Å². The van der Waals surface area contributed by atoms with Crippen molar-refractivity contribution >= 4 is 0 Å². The number of rotatable bonds is 7. The van der Waals surface area contributed by atoms with Gasteiger partial charge in [0.1, 0.15) is 0 Å². The van der Waals surface area contributed by atoms with Crippen LogP contribution in [-0.2, 0) is 0 Å². The van der Waals surface area contributed by atoms with Crippen molar-refractivity contribution in [2.45, 2.75) is 60.3 Å². The molecular formula is C16H28O. The second-order valence-electron chi connectivity index (χ2n) is 5.11. The Morgan fingerprint density at radius 1 is 0.824 bits per heavy atom. The first-order valence-corrected chi connectivity index (χ1v) is 6.52. The van der Waals surface area contributed by atoms with Crippen LogP contribution in [0.4, 0.5) is 0 Å². The van der Waals surface area contributed by atoms with E-state index in [4.69, 9.17) is 5.11 Å². The van der Waals surface area contributed by atoms with Crippen LogP contribution in [0.15, 0.2) is 34.4 Å². The molecule has 0 saturated carbocycles. The first kappa shape index (κ1) is 16.2. The molecule has 0 aliphatic rings. The second kappa shape index (κ2) is 9.23. The lowest BCUT2D eigenvalue weighted by Gasteiger charge is -2.07. The quantitative estimate of drug-likeness (QED) is 0.630. The molecule has 1 nitrogen and oxygen atoms in total. The molecule has 0 amide bonds. The summed E-state index contributed by atoms with van der Waals surface area (Å²) in [6.45, 7) is 11.0. The van der Waals surface area contributed by atoms with Gasteiger partial charge in [0, 0.05) is 0 Å². The molecular weight excluding hydrogens is 208 g/mol. The van der Waals surface area contributed by atoms with Gasteiger partial charge in [-0.2, -0.15) is 0 Å². The van der Waals surface area contributed by atoms with E-state index >= 15 is 0 Å². The third-order valence-electron chi connectivity index (χ3n) is 3.13. The van der Waals surface area contributed by atoms with E-state index in [9.17, 15) is 0 Å². The third kappa shape index (κ3) is 8.93.